The topological polar surface area (TPSA) is 222 Å². The van der Waals surface area contributed by atoms with E-state index in [0.29, 0.717) is 69.5 Å². The molecule has 0 aliphatic heterocycles. The van der Waals surface area contributed by atoms with Gasteiger partial charge in [-0.2, -0.15) is 0 Å². The number of unbranched alkanes of at least 4 members (excludes halogenated alkanes) is 1. The van der Waals surface area contributed by atoms with E-state index in [4.69, 9.17) is 26.3 Å². The number of fused-ring (bicyclic) bond motifs is 2. The number of anilines is 1. The van der Waals surface area contributed by atoms with Crippen molar-refractivity contribution < 1.29 is 43.3 Å². The van der Waals surface area contributed by atoms with Crippen molar-refractivity contribution in [1.82, 2.24) is 14.9 Å². The summed E-state index contributed by atoms with van der Waals surface area (Å²) in [6.45, 7) is 15.4. The Balaban J connectivity index is 0.000000743. The number of ether oxygens (including phenoxy) is 2. The Hall–Kier alpha value is -6.88. The number of carboxylic acid groups (broad SMARTS) is 1. The van der Waals surface area contributed by atoms with E-state index in [2.05, 4.69) is 177 Å². The Morgan fingerprint density at radius 3 is 1.36 bits per heavy atom. The number of hydrogen-bond acceptors (Lipinski definition) is 14. The Labute approximate surface area is 605 Å². The van der Waals surface area contributed by atoms with E-state index in [0.717, 1.165) is 152 Å². The van der Waals surface area contributed by atoms with E-state index < -0.39 is 11.6 Å². The van der Waals surface area contributed by atoms with Crippen molar-refractivity contribution in [2.24, 2.45) is 11.7 Å². The van der Waals surface area contributed by atoms with E-state index in [9.17, 15) is 28.8 Å². The molecule has 0 saturated carbocycles. The number of carboxylic acids is 1. The monoisotopic (exact) mass is 1400 g/mol. The molecule has 2 atom stereocenters. The van der Waals surface area contributed by atoms with Crippen molar-refractivity contribution in [3.05, 3.63) is 172 Å². The lowest BCUT2D eigenvalue weighted by atomic mass is 9.87. The number of nitrogen functional groups attached to an aromatic ring is 1. The number of methoxy groups -OCH3 is 1. The van der Waals surface area contributed by atoms with Crippen LogP contribution in [-0.4, -0.2) is 87.2 Å². The molecule has 550 valence electrons. The van der Waals surface area contributed by atoms with Gasteiger partial charge < -0.3 is 30.9 Å². The number of esters is 1. The van der Waals surface area contributed by atoms with Crippen molar-refractivity contribution >= 4 is 63.2 Å². The lowest BCUT2D eigenvalue weighted by Crippen LogP contribution is -2.46. The van der Waals surface area contributed by atoms with Crippen LogP contribution < -0.4 is 11.5 Å². The third-order valence-corrected chi connectivity index (χ3v) is 17.6. The maximum atomic E-state index is 12.5. The van der Waals surface area contributed by atoms with E-state index in [1.807, 2.05) is 31.7 Å². The fourth-order valence-electron chi connectivity index (χ4n) is 10.4. The minimum absolute atomic E-state index is 0.0751. The molecule has 0 bridgehead atoms. The molecule has 1 amide bonds. The number of hydrogen-bond donors (Lipinski definition) is 3. The Kier molecular flexibility index (Phi) is 55.6. The number of ketones is 3. The van der Waals surface area contributed by atoms with Gasteiger partial charge in [-0.05, 0) is 168 Å². The second-order valence-electron chi connectivity index (χ2n) is 25.6. The molecule has 2 aromatic rings. The number of rotatable bonds is 46. The van der Waals surface area contributed by atoms with E-state index in [-0.39, 0.29) is 41.9 Å². The van der Waals surface area contributed by atoms with Gasteiger partial charge in [-0.3, -0.25) is 24.0 Å². The Morgan fingerprint density at radius 2 is 0.949 bits per heavy atom. The van der Waals surface area contributed by atoms with Crippen LogP contribution >= 0.6 is 22.7 Å². The predicted molar refractivity (Wildman–Crippen MR) is 417 cm³/mol. The number of aryl methyl sites for hydroxylation is 2. The molecule has 2 aliphatic carbocycles. The molecule has 99 heavy (non-hydrogen) atoms. The normalized spacial score (nSPS) is 14.9. The summed E-state index contributed by atoms with van der Waals surface area (Å²) in [6.07, 6.45) is 80.6. The molecule has 0 fully saturated rings. The number of nitrogens with two attached hydrogens (primary N) is 2. The van der Waals surface area contributed by atoms with Crippen molar-refractivity contribution in [2.45, 2.75) is 278 Å². The number of amides is 1. The van der Waals surface area contributed by atoms with Crippen LogP contribution in [0.25, 0.3) is 0 Å². The van der Waals surface area contributed by atoms with Gasteiger partial charge in [-0.1, -0.05) is 193 Å². The van der Waals surface area contributed by atoms with Crippen LogP contribution in [0.3, 0.4) is 0 Å². The number of allylic oxidation sites excluding steroid dienone is 24. The number of aliphatic carboxylic acids is 1. The summed E-state index contributed by atoms with van der Waals surface area (Å²) in [5.74, 6) is 0.321. The van der Waals surface area contributed by atoms with Crippen LogP contribution in [0.2, 0.25) is 0 Å². The number of carbonyl (C=O) groups excluding carboxylic acids is 5. The van der Waals surface area contributed by atoms with Gasteiger partial charge in [0.2, 0.25) is 0 Å². The first-order valence-electron chi connectivity index (χ1n) is 36.9. The molecule has 14 nitrogen and oxygen atoms in total. The summed E-state index contributed by atoms with van der Waals surface area (Å²) in [5, 5.41) is 10.1. The quantitative estimate of drug-likeness (QED) is 0.0415. The summed E-state index contributed by atoms with van der Waals surface area (Å²) in [4.78, 5) is 82.8. The van der Waals surface area contributed by atoms with Crippen molar-refractivity contribution in [3.63, 3.8) is 0 Å². The van der Waals surface area contributed by atoms with Gasteiger partial charge in [0, 0.05) is 73.8 Å². The maximum absolute atomic E-state index is 12.5. The third kappa shape index (κ3) is 51.9. The number of nitrogens with zero attached hydrogens (tertiary/aromatic N) is 3. The van der Waals surface area contributed by atoms with Gasteiger partial charge in [-0.25, -0.2) is 14.8 Å². The molecule has 0 spiro atoms. The fourth-order valence-corrected chi connectivity index (χ4v) is 12.6. The summed E-state index contributed by atoms with van der Waals surface area (Å²) < 4.78 is 9.82. The Morgan fingerprint density at radius 1 is 0.525 bits per heavy atom. The van der Waals surface area contributed by atoms with E-state index in [1.165, 1.54) is 48.2 Å². The largest absolute Gasteiger partial charge is 0.481 e. The lowest BCUT2D eigenvalue weighted by molar-refractivity contribution is -0.140. The molecule has 2 aromatic heterocycles. The average Bonchev–Trinajstić information content (AvgIpc) is 1.74. The van der Waals surface area contributed by atoms with Crippen molar-refractivity contribution in [3.8, 4) is 0 Å². The van der Waals surface area contributed by atoms with Crippen molar-refractivity contribution in [1.29, 1.82) is 0 Å². The first-order chi connectivity index (χ1) is 47.9. The fraction of sp³-hybridized carbons (Fsp3) is 0.566. The minimum Gasteiger partial charge on any atom is -0.481 e. The molecule has 0 saturated heterocycles. The van der Waals surface area contributed by atoms with E-state index in [1.54, 1.807) is 22.7 Å². The standard InChI is InChI=1S/C38H55NO2S.C26H38O3.C15H25N3O2S.C4H9NO2/c1-3-5-7-8-9-10-11-12-13-14-15-16-17-18-19-20-21-22-23-26-34(40)27-24-28-35(41)32-38-39-36-30-29-33(25-6-4-2)31-37(36)42-38;1-2-3-4-5-6-7-8-9-10-11-12-13-14-15-16-17-18-19-20-22-25(27)23-21-24-26(28)29;1-5-8-18(14(19)20-15(2,3)4)10-6-7-11-12(9-10)21-13(16)17-11;1-7-4(6)2-3-5/h5,7,9-10,12-13,15-16,18-19,21-22,33H,3-4,6,8,11,14,17,20,23-32H2,1-2H3;3-4,6-7,9-10,12-13,15-16,18-19H,2,5,8,11,14,17,20-24H2,1H3,(H,28,29);10H,5-9H2,1-4H3,(H2,16,17);2-3,5H2,1H3/b7-5-,10-9-,13-12-,16-15-,19-18-,22-21-;4-3-,7-6-,10-9-,13-12-,16-15-,19-18-;;/t33-;;10-;/m1.1./s1. The zero-order valence-electron chi connectivity index (χ0n) is 62.0. The Bertz CT molecular complexity index is 2910. The van der Waals surface area contributed by atoms with Gasteiger partial charge >= 0.3 is 18.0 Å². The third-order valence-electron chi connectivity index (χ3n) is 15.6. The summed E-state index contributed by atoms with van der Waals surface area (Å²) >= 11 is 3.29. The van der Waals surface area contributed by atoms with E-state index >= 15 is 0 Å². The zero-order chi connectivity index (χ0) is 72.8. The average molecular weight is 1400 g/mol. The zero-order valence-corrected chi connectivity index (χ0v) is 63.6. The van der Waals surface area contributed by atoms with Crippen LogP contribution in [0.5, 0.6) is 0 Å². The number of aromatic nitrogens is 2. The molecular weight excluding hydrogens is 1280 g/mol. The van der Waals surface area contributed by atoms with Crippen LogP contribution in [0.15, 0.2) is 146 Å². The van der Waals surface area contributed by atoms with Gasteiger partial charge in [0.05, 0.1) is 31.3 Å². The second kappa shape index (κ2) is 61.0. The molecule has 5 N–H and O–H groups in total. The van der Waals surface area contributed by atoms with Crippen LogP contribution in [0.1, 0.15) is 261 Å². The smallest absolute Gasteiger partial charge is 0.410 e. The highest BCUT2D eigenvalue weighted by Crippen LogP contribution is 2.34. The second-order valence-corrected chi connectivity index (χ2v) is 27.9. The lowest BCUT2D eigenvalue weighted by Gasteiger charge is -2.35. The number of Topliss-reactive ketones (excluding diaryl/α,β-unsaturated/α-hetero) is 3. The predicted octanol–water partition coefficient (Wildman–Crippen LogP) is 20.8. The molecule has 2 heterocycles. The number of carbonyl (C=O) groups is 6. The molecule has 4 rings (SSSR count). The SMILES string of the molecule is CC/C=C\C/C=C\C/C=C\C/C=C\C/C=C\C/C=C\CCC(=O)CCCC(=O)Cc1nc2c(s1)C[C@H](CCCC)CC2.CC/C=C\C/C=C\C/C=C\C/C=C\C/C=C\C/C=C\CCC(=O)CCCC(=O)O.CCCN(C(=O)OC(C)(C)C)[C@@H]1CCc2nc(N)sc2C1.COC(=O)CCN. The highest BCUT2D eigenvalue weighted by atomic mass is 32.1. The van der Waals surface area contributed by atoms with Gasteiger partial charge in [0.15, 0.2) is 5.13 Å². The highest BCUT2D eigenvalue weighted by molar-refractivity contribution is 7.15. The maximum Gasteiger partial charge on any atom is 0.410 e. The number of thiazole rings is 2. The van der Waals surface area contributed by atoms with Crippen molar-refractivity contribution in [2.75, 3.05) is 25.9 Å². The van der Waals surface area contributed by atoms with Crippen LogP contribution in [0.4, 0.5) is 9.93 Å². The molecule has 0 aromatic carbocycles. The van der Waals surface area contributed by atoms with Crippen LogP contribution in [-0.2, 0) is 65.6 Å². The summed E-state index contributed by atoms with van der Waals surface area (Å²) in [7, 11) is 1.35. The summed E-state index contributed by atoms with van der Waals surface area (Å²) in [5.41, 5.74) is 12.7. The first-order valence-corrected chi connectivity index (χ1v) is 38.6. The minimum atomic E-state index is -0.838. The summed E-state index contributed by atoms with van der Waals surface area (Å²) in [6, 6.07) is 0.187. The molecular formula is C83H127N5O9S2. The molecule has 0 unspecified atom stereocenters. The molecule has 0 radical (unpaired) electrons. The highest BCUT2D eigenvalue weighted by Gasteiger charge is 2.32. The first kappa shape index (κ1) is 90.1. The van der Waals surface area contributed by atoms with Gasteiger partial charge in [0.25, 0.3) is 0 Å². The molecule has 16 heteroatoms. The van der Waals surface area contributed by atoms with Crippen LogP contribution in [0, 0.1) is 5.92 Å². The molecule has 2 aliphatic rings. The van der Waals surface area contributed by atoms with Gasteiger partial charge in [0.1, 0.15) is 28.0 Å². The van der Waals surface area contributed by atoms with Gasteiger partial charge in [-0.15, -0.1) is 22.7 Å².